The van der Waals surface area contributed by atoms with Gasteiger partial charge < -0.3 is 0 Å². The first-order valence-corrected chi connectivity index (χ1v) is 6.55. The second-order valence-corrected chi connectivity index (χ2v) is 5.35. The molecule has 0 radical (unpaired) electrons. The average molecular weight is 270 g/mol. The van der Waals surface area contributed by atoms with E-state index in [-0.39, 0.29) is 11.5 Å². The van der Waals surface area contributed by atoms with Gasteiger partial charge in [0, 0.05) is 23.1 Å². The summed E-state index contributed by atoms with van der Waals surface area (Å²) < 4.78 is 23.6. The van der Waals surface area contributed by atoms with E-state index in [4.69, 9.17) is 15.9 Å². The van der Waals surface area contributed by atoms with Crippen LogP contribution in [-0.4, -0.2) is 28.2 Å². The minimum Gasteiger partial charge on any atom is -0.220 e. The third-order valence-corrected chi connectivity index (χ3v) is 3.11. The molecule has 0 fully saturated rings. The molecule has 0 bridgehead atoms. The van der Waals surface area contributed by atoms with E-state index < -0.39 is 14.1 Å². The van der Waals surface area contributed by atoms with Crippen LogP contribution < -0.4 is 0 Å². The van der Waals surface area contributed by atoms with Crippen LogP contribution in [0.5, 0.6) is 0 Å². The molecule has 0 amide bonds. The van der Waals surface area contributed by atoms with E-state index in [1.807, 2.05) is 0 Å². The molecule has 0 atom stereocenters. The van der Waals surface area contributed by atoms with E-state index in [2.05, 4.69) is 15.1 Å². The summed E-state index contributed by atoms with van der Waals surface area (Å²) in [7, 11) is 1.13. The van der Waals surface area contributed by atoms with Crippen LogP contribution in [0.25, 0.3) is 5.95 Å². The molecule has 0 unspecified atom stereocenters. The Morgan fingerprint density at radius 3 is 2.53 bits per heavy atom. The van der Waals surface area contributed by atoms with Crippen LogP contribution in [0.1, 0.15) is 5.56 Å². The van der Waals surface area contributed by atoms with Gasteiger partial charge in [-0.25, -0.2) is 18.4 Å². The highest BCUT2D eigenvalue weighted by Gasteiger charge is 2.24. The van der Waals surface area contributed by atoms with Crippen molar-refractivity contribution in [3.8, 4) is 12.0 Å². The maximum atomic E-state index is 11.4. The summed E-state index contributed by atoms with van der Waals surface area (Å²) in [5.74, 6) is 0.0215. The zero-order valence-electron chi connectivity index (χ0n) is 8.15. The van der Waals surface area contributed by atoms with Gasteiger partial charge in [0.1, 0.15) is 11.6 Å². The van der Waals surface area contributed by atoms with Crippen LogP contribution in [0.15, 0.2) is 29.7 Å². The average Bonchev–Trinajstić information content (AvgIpc) is 2.73. The molecule has 0 aliphatic carbocycles. The molecule has 2 heterocycles. The summed E-state index contributed by atoms with van der Waals surface area (Å²) in [4.78, 5) is 7.66. The van der Waals surface area contributed by atoms with Crippen molar-refractivity contribution in [1.82, 2.24) is 19.7 Å². The Labute approximate surface area is 101 Å². The van der Waals surface area contributed by atoms with Crippen molar-refractivity contribution in [2.75, 3.05) is 0 Å². The molecule has 7 nitrogen and oxygen atoms in total. The third kappa shape index (κ3) is 2.11. The normalized spacial score (nSPS) is 11.1. The molecule has 17 heavy (non-hydrogen) atoms. The molecule has 2 rings (SSSR count). The van der Waals surface area contributed by atoms with Crippen molar-refractivity contribution in [3.63, 3.8) is 0 Å². The monoisotopic (exact) mass is 269 g/mol. The van der Waals surface area contributed by atoms with E-state index in [1.54, 1.807) is 12.1 Å². The third-order valence-electron chi connectivity index (χ3n) is 1.82. The molecule has 0 aliphatic rings. The summed E-state index contributed by atoms with van der Waals surface area (Å²) in [5, 5.41) is 12.1. The molecule has 0 saturated heterocycles. The SMILES string of the molecule is N#Cc1cnn(-c2ncccn2)c1S(=O)(=O)Cl. The summed E-state index contributed by atoms with van der Waals surface area (Å²) in [5.41, 5.74) is -0.160. The Balaban J connectivity index is 2.74. The Hall–Kier alpha value is -1.98. The predicted molar refractivity (Wildman–Crippen MR) is 56.9 cm³/mol. The van der Waals surface area contributed by atoms with E-state index in [0.717, 1.165) is 10.9 Å². The van der Waals surface area contributed by atoms with Crippen molar-refractivity contribution in [3.05, 3.63) is 30.2 Å². The highest BCUT2D eigenvalue weighted by molar-refractivity contribution is 8.13. The molecule has 2 aromatic rings. The molecular formula is C8H4ClN5O2S. The number of aromatic nitrogens is 4. The molecule has 86 valence electrons. The number of nitriles is 1. The van der Waals surface area contributed by atoms with Gasteiger partial charge in [-0.3, -0.25) is 0 Å². The van der Waals surface area contributed by atoms with E-state index in [0.29, 0.717) is 0 Å². The first-order chi connectivity index (χ1) is 8.04. The topological polar surface area (TPSA) is 102 Å². The van der Waals surface area contributed by atoms with Crippen LogP contribution in [0.2, 0.25) is 0 Å². The predicted octanol–water partition coefficient (Wildman–Crippen LogP) is 0.461. The van der Waals surface area contributed by atoms with Gasteiger partial charge in [-0.2, -0.15) is 15.0 Å². The Kier molecular flexibility index (Phi) is 2.79. The first-order valence-electron chi connectivity index (χ1n) is 4.24. The van der Waals surface area contributed by atoms with Gasteiger partial charge >= 0.3 is 0 Å². The molecule has 0 spiro atoms. The minimum absolute atomic E-state index is 0.0215. The molecule has 2 aromatic heterocycles. The van der Waals surface area contributed by atoms with Crippen molar-refractivity contribution in [1.29, 1.82) is 5.26 Å². The maximum Gasteiger partial charge on any atom is 0.280 e. The zero-order valence-corrected chi connectivity index (χ0v) is 9.72. The minimum atomic E-state index is -4.11. The lowest BCUT2D eigenvalue weighted by atomic mass is 10.4. The van der Waals surface area contributed by atoms with Crippen LogP contribution in [0.3, 0.4) is 0 Å². The molecule has 9 heteroatoms. The summed E-state index contributed by atoms with van der Waals surface area (Å²) in [6, 6.07) is 3.25. The van der Waals surface area contributed by atoms with Crippen LogP contribution in [0, 0.1) is 11.3 Å². The summed E-state index contributed by atoms with van der Waals surface area (Å²) >= 11 is 0. The fourth-order valence-electron chi connectivity index (χ4n) is 1.19. The van der Waals surface area contributed by atoms with Gasteiger partial charge in [-0.1, -0.05) is 0 Å². The fourth-order valence-corrected chi connectivity index (χ4v) is 2.33. The number of hydrogen-bond acceptors (Lipinski definition) is 6. The van der Waals surface area contributed by atoms with E-state index in [1.165, 1.54) is 12.4 Å². The van der Waals surface area contributed by atoms with Gasteiger partial charge in [0.15, 0.2) is 5.03 Å². The second-order valence-electron chi connectivity index (χ2n) is 2.87. The van der Waals surface area contributed by atoms with Crippen molar-refractivity contribution in [2.45, 2.75) is 5.03 Å². The lowest BCUT2D eigenvalue weighted by molar-refractivity contribution is 0.596. The largest absolute Gasteiger partial charge is 0.280 e. The summed E-state index contributed by atoms with van der Waals surface area (Å²) in [6.45, 7) is 0. The standard InChI is InChI=1S/C8H4ClN5O2S/c9-17(15,16)7-6(4-10)5-13-14(7)8-11-2-1-3-12-8/h1-3,5H. The Bertz CT molecular complexity index is 688. The Morgan fingerprint density at radius 1 is 1.35 bits per heavy atom. The van der Waals surface area contributed by atoms with Gasteiger partial charge in [-0.15, -0.1) is 0 Å². The highest BCUT2D eigenvalue weighted by Crippen LogP contribution is 2.20. The fraction of sp³-hybridized carbons (Fsp3) is 0. The molecular weight excluding hydrogens is 266 g/mol. The Morgan fingerprint density at radius 2 is 2.00 bits per heavy atom. The van der Waals surface area contributed by atoms with Gasteiger partial charge in [0.2, 0.25) is 0 Å². The van der Waals surface area contributed by atoms with Crippen LogP contribution in [-0.2, 0) is 9.05 Å². The number of halogens is 1. The van der Waals surface area contributed by atoms with Gasteiger partial charge in [0.25, 0.3) is 15.0 Å². The van der Waals surface area contributed by atoms with E-state index >= 15 is 0 Å². The maximum absolute atomic E-state index is 11.4. The first kappa shape index (κ1) is 11.5. The van der Waals surface area contributed by atoms with Crippen molar-refractivity contribution in [2.24, 2.45) is 0 Å². The van der Waals surface area contributed by atoms with Gasteiger partial charge in [0.05, 0.1) is 6.20 Å². The van der Waals surface area contributed by atoms with Gasteiger partial charge in [-0.05, 0) is 6.07 Å². The summed E-state index contributed by atoms with van der Waals surface area (Å²) in [6.07, 6.45) is 3.92. The second kappa shape index (κ2) is 4.12. The molecule has 0 N–H and O–H groups in total. The quantitative estimate of drug-likeness (QED) is 0.734. The van der Waals surface area contributed by atoms with Crippen molar-refractivity contribution < 1.29 is 8.42 Å². The highest BCUT2D eigenvalue weighted by atomic mass is 35.7. The lowest BCUT2D eigenvalue weighted by Crippen LogP contribution is -2.09. The number of hydrogen-bond donors (Lipinski definition) is 0. The van der Waals surface area contributed by atoms with E-state index in [9.17, 15) is 8.42 Å². The lowest BCUT2D eigenvalue weighted by Gasteiger charge is -2.01. The van der Waals surface area contributed by atoms with Crippen LogP contribution in [0.4, 0.5) is 0 Å². The smallest absolute Gasteiger partial charge is 0.220 e. The number of rotatable bonds is 2. The molecule has 0 saturated carbocycles. The van der Waals surface area contributed by atoms with Crippen LogP contribution >= 0.6 is 10.7 Å². The zero-order chi connectivity index (χ0) is 12.5. The number of nitrogens with zero attached hydrogens (tertiary/aromatic N) is 5. The molecule has 0 aromatic carbocycles. The molecule has 0 aliphatic heterocycles. The van der Waals surface area contributed by atoms with Crippen molar-refractivity contribution >= 4 is 19.7 Å².